The molecule has 4 heteroatoms. The van der Waals surface area contributed by atoms with Gasteiger partial charge in [-0.15, -0.1) is 0 Å². The third-order valence-corrected chi connectivity index (χ3v) is 4.13. The van der Waals surface area contributed by atoms with Crippen LogP contribution in [0.3, 0.4) is 0 Å². The molecule has 2 rings (SSSR count). The fourth-order valence-electron chi connectivity index (χ4n) is 3.04. The first kappa shape index (κ1) is 16.7. The topological polar surface area (TPSA) is 74.6 Å². The van der Waals surface area contributed by atoms with Gasteiger partial charge in [-0.2, -0.15) is 0 Å². The zero-order valence-electron chi connectivity index (χ0n) is 13.2. The summed E-state index contributed by atoms with van der Waals surface area (Å²) in [5.41, 5.74) is 2.81. The Morgan fingerprint density at radius 2 is 1.22 bits per heavy atom. The van der Waals surface area contributed by atoms with Gasteiger partial charge in [-0.3, -0.25) is 0 Å². The minimum Gasteiger partial charge on any atom is -0.508 e. The zero-order valence-corrected chi connectivity index (χ0v) is 13.2. The number of benzene rings is 2. The van der Waals surface area contributed by atoms with Gasteiger partial charge in [0.25, 0.3) is 0 Å². The minimum absolute atomic E-state index is 0.111. The van der Waals surface area contributed by atoms with E-state index in [1.165, 1.54) is 0 Å². The van der Waals surface area contributed by atoms with E-state index < -0.39 is 5.41 Å². The number of phenolic OH excluding ortho intramolecular Hbond substituents is 2. The van der Waals surface area contributed by atoms with Crippen molar-refractivity contribution < 1.29 is 19.8 Å². The van der Waals surface area contributed by atoms with Crippen LogP contribution in [-0.4, -0.2) is 22.8 Å². The normalized spacial score (nSPS) is 11.2. The SMILES string of the molecule is CC(C)(c1ccc(O)cc1CC=O)c1ccc(O)cc1CC=O. The van der Waals surface area contributed by atoms with Crippen molar-refractivity contribution in [3.05, 3.63) is 58.7 Å². The molecule has 0 bridgehead atoms. The number of hydrogen-bond acceptors (Lipinski definition) is 4. The highest BCUT2D eigenvalue weighted by atomic mass is 16.3. The molecule has 0 aliphatic rings. The van der Waals surface area contributed by atoms with Gasteiger partial charge >= 0.3 is 0 Å². The molecule has 2 aromatic carbocycles. The Morgan fingerprint density at radius 1 is 0.826 bits per heavy atom. The van der Waals surface area contributed by atoms with Crippen molar-refractivity contribution in [3.8, 4) is 11.5 Å². The molecule has 0 atom stereocenters. The number of aromatic hydroxyl groups is 2. The smallest absolute Gasteiger partial charge is 0.124 e. The summed E-state index contributed by atoms with van der Waals surface area (Å²) in [5, 5.41) is 19.4. The van der Waals surface area contributed by atoms with Crippen molar-refractivity contribution in [1.82, 2.24) is 0 Å². The van der Waals surface area contributed by atoms with Crippen LogP contribution in [0.2, 0.25) is 0 Å². The number of phenols is 2. The Balaban J connectivity index is 2.62. The molecule has 0 saturated carbocycles. The first-order valence-corrected chi connectivity index (χ1v) is 7.42. The van der Waals surface area contributed by atoms with Gasteiger partial charge in [-0.1, -0.05) is 26.0 Å². The van der Waals surface area contributed by atoms with Gasteiger partial charge in [0, 0.05) is 18.3 Å². The average molecular weight is 312 g/mol. The van der Waals surface area contributed by atoms with Gasteiger partial charge in [0.05, 0.1) is 0 Å². The predicted molar refractivity (Wildman–Crippen MR) is 87.9 cm³/mol. The van der Waals surface area contributed by atoms with E-state index in [1.54, 1.807) is 36.4 Å². The van der Waals surface area contributed by atoms with E-state index in [9.17, 15) is 19.8 Å². The molecule has 0 amide bonds. The summed E-state index contributed by atoms with van der Waals surface area (Å²) < 4.78 is 0. The highest BCUT2D eigenvalue weighted by Crippen LogP contribution is 2.38. The van der Waals surface area contributed by atoms with Crippen molar-refractivity contribution in [2.45, 2.75) is 32.1 Å². The summed E-state index contributed by atoms with van der Waals surface area (Å²) in [4.78, 5) is 21.9. The molecule has 4 nitrogen and oxygen atoms in total. The molecule has 0 aliphatic carbocycles. The molecule has 0 heterocycles. The highest BCUT2D eigenvalue weighted by Gasteiger charge is 2.28. The quantitative estimate of drug-likeness (QED) is 0.804. The largest absolute Gasteiger partial charge is 0.508 e. The summed E-state index contributed by atoms with van der Waals surface area (Å²) in [7, 11) is 0. The van der Waals surface area contributed by atoms with Crippen LogP contribution in [0.5, 0.6) is 11.5 Å². The number of carbonyl (C=O) groups excluding carboxylic acids is 2. The standard InChI is InChI=1S/C19H20O4/c1-19(2,17-5-3-15(22)11-13(17)7-9-20)18-6-4-16(23)12-14(18)8-10-21/h3-6,9-12,22-23H,7-8H2,1-2H3. The molecule has 23 heavy (non-hydrogen) atoms. The maximum atomic E-state index is 11.0. The third kappa shape index (κ3) is 3.42. The summed E-state index contributed by atoms with van der Waals surface area (Å²) >= 11 is 0. The fraction of sp³-hybridized carbons (Fsp3) is 0.263. The van der Waals surface area contributed by atoms with Crippen molar-refractivity contribution in [2.75, 3.05) is 0 Å². The number of aldehydes is 2. The molecule has 0 aromatic heterocycles. The first-order chi connectivity index (χ1) is 10.9. The Kier molecular flexibility index (Phi) is 4.84. The Bertz CT molecular complexity index is 671. The molecular weight excluding hydrogens is 292 g/mol. The van der Waals surface area contributed by atoms with E-state index in [-0.39, 0.29) is 24.3 Å². The molecule has 0 spiro atoms. The van der Waals surface area contributed by atoms with Crippen LogP contribution in [0.4, 0.5) is 0 Å². The summed E-state index contributed by atoms with van der Waals surface area (Å²) in [5.74, 6) is 0.223. The number of rotatable bonds is 6. The third-order valence-electron chi connectivity index (χ3n) is 4.13. The van der Waals surface area contributed by atoms with E-state index in [2.05, 4.69) is 0 Å². The summed E-state index contributed by atoms with van der Waals surface area (Å²) in [6, 6.07) is 9.95. The van der Waals surface area contributed by atoms with Gasteiger partial charge in [0.1, 0.15) is 24.1 Å². The molecule has 0 radical (unpaired) electrons. The van der Waals surface area contributed by atoms with Crippen molar-refractivity contribution in [1.29, 1.82) is 0 Å². The van der Waals surface area contributed by atoms with Gasteiger partial charge in [-0.05, 0) is 46.5 Å². The van der Waals surface area contributed by atoms with Crippen LogP contribution in [-0.2, 0) is 27.8 Å². The van der Waals surface area contributed by atoms with Gasteiger partial charge in [0.15, 0.2) is 0 Å². The fourth-order valence-corrected chi connectivity index (χ4v) is 3.04. The highest BCUT2D eigenvalue weighted by molar-refractivity contribution is 5.61. The van der Waals surface area contributed by atoms with E-state index >= 15 is 0 Å². The van der Waals surface area contributed by atoms with E-state index in [0.717, 1.165) is 34.8 Å². The van der Waals surface area contributed by atoms with Crippen molar-refractivity contribution in [2.24, 2.45) is 0 Å². The Morgan fingerprint density at radius 3 is 1.57 bits per heavy atom. The molecule has 0 fully saturated rings. The second kappa shape index (κ2) is 6.65. The average Bonchev–Trinajstić information content (AvgIpc) is 2.47. The Hall–Kier alpha value is -2.62. The van der Waals surface area contributed by atoms with Gasteiger partial charge in [-0.25, -0.2) is 0 Å². The monoisotopic (exact) mass is 312 g/mol. The van der Waals surface area contributed by atoms with Crippen LogP contribution in [0.15, 0.2) is 36.4 Å². The number of carbonyl (C=O) groups is 2. The molecule has 2 aromatic rings. The van der Waals surface area contributed by atoms with Gasteiger partial charge < -0.3 is 19.8 Å². The molecule has 120 valence electrons. The van der Waals surface area contributed by atoms with E-state index in [0.29, 0.717) is 0 Å². The summed E-state index contributed by atoms with van der Waals surface area (Å²) in [6.45, 7) is 3.99. The van der Waals surface area contributed by atoms with Crippen molar-refractivity contribution in [3.63, 3.8) is 0 Å². The van der Waals surface area contributed by atoms with E-state index in [1.807, 2.05) is 13.8 Å². The maximum Gasteiger partial charge on any atom is 0.124 e. The minimum atomic E-state index is -0.488. The zero-order chi connectivity index (χ0) is 17.0. The lowest BCUT2D eigenvalue weighted by molar-refractivity contribution is -0.108. The van der Waals surface area contributed by atoms with Crippen LogP contribution in [0, 0.1) is 0 Å². The second-order valence-corrected chi connectivity index (χ2v) is 6.05. The maximum absolute atomic E-state index is 11.0. The molecule has 0 saturated heterocycles. The Labute approximate surface area is 135 Å². The molecule has 2 N–H and O–H groups in total. The first-order valence-electron chi connectivity index (χ1n) is 7.42. The lowest BCUT2D eigenvalue weighted by Gasteiger charge is -2.30. The van der Waals surface area contributed by atoms with Crippen LogP contribution in [0.1, 0.15) is 36.1 Å². The molecule has 0 aliphatic heterocycles. The second-order valence-electron chi connectivity index (χ2n) is 6.05. The lowest BCUT2D eigenvalue weighted by Crippen LogP contribution is -2.23. The molecular formula is C19H20O4. The van der Waals surface area contributed by atoms with E-state index in [4.69, 9.17) is 0 Å². The van der Waals surface area contributed by atoms with Crippen LogP contribution in [0.25, 0.3) is 0 Å². The van der Waals surface area contributed by atoms with Gasteiger partial charge in [0.2, 0.25) is 0 Å². The predicted octanol–water partition coefficient (Wildman–Crippen LogP) is 2.91. The van der Waals surface area contributed by atoms with Crippen molar-refractivity contribution >= 4 is 12.6 Å². The lowest BCUT2D eigenvalue weighted by atomic mass is 9.73. The molecule has 0 unspecified atom stereocenters. The summed E-state index contributed by atoms with van der Waals surface area (Å²) in [6.07, 6.45) is 2.01. The number of hydrogen-bond donors (Lipinski definition) is 2. The van der Waals surface area contributed by atoms with Crippen LogP contribution >= 0.6 is 0 Å². The van der Waals surface area contributed by atoms with Crippen LogP contribution < -0.4 is 0 Å².